The average molecular weight is 569 g/mol. The number of aryl methyl sites for hydroxylation is 1. The molecular weight excluding hydrogens is 536 g/mol. The lowest BCUT2D eigenvalue weighted by molar-refractivity contribution is -0.124. The van der Waals surface area contributed by atoms with Crippen molar-refractivity contribution in [3.63, 3.8) is 0 Å². The maximum absolute atomic E-state index is 14.5. The molecule has 8 rings (SSSR count). The van der Waals surface area contributed by atoms with Gasteiger partial charge in [-0.25, -0.2) is 4.90 Å². The Morgan fingerprint density at radius 1 is 0.953 bits per heavy atom. The molecule has 6 atom stereocenters. The van der Waals surface area contributed by atoms with Crippen molar-refractivity contribution >= 4 is 17.3 Å². The fourth-order valence-electron chi connectivity index (χ4n) is 7.71. The van der Waals surface area contributed by atoms with Crippen LogP contribution >= 0.6 is 0 Å². The molecule has 4 aromatic rings. The van der Waals surface area contributed by atoms with Crippen LogP contribution in [0.5, 0.6) is 0 Å². The van der Waals surface area contributed by atoms with Crippen molar-refractivity contribution in [1.29, 1.82) is 5.26 Å². The predicted octanol–water partition coefficient (Wildman–Crippen LogP) is 5.77. The number of hydrogen-bond acceptors (Lipinski definition) is 6. The Labute approximate surface area is 251 Å². The summed E-state index contributed by atoms with van der Waals surface area (Å²) in [7, 11) is 0. The fraction of sp³-hybridized carbons (Fsp3) is 0.250. The molecule has 0 radical (unpaired) electrons. The number of rotatable bonds is 2. The molecule has 7 nitrogen and oxygen atoms in total. The van der Waals surface area contributed by atoms with Crippen LogP contribution in [0.2, 0.25) is 0 Å². The monoisotopic (exact) mass is 568 g/mol. The van der Waals surface area contributed by atoms with E-state index in [1.54, 1.807) is 6.92 Å². The van der Waals surface area contributed by atoms with Crippen LogP contribution in [0.4, 0.5) is 5.69 Å². The smallest absolute Gasteiger partial charge is 0.237 e. The summed E-state index contributed by atoms with van der Waals surface area (Å²) in [5.41, 5.74) is 6.75. The first-order valence-electron chi connectivity index (χ1n) is 14.7. The second-order valence-electron chi connectivity index (χ2n) is 11.4. The molecule has 2 N–H and O–H groups in total. The van der Waals surface area contributed by atoms with Gasteiger partial charge in [-0.2, -0.15) is 5.26 Å². The first-order chi connectivity index (χ1) is 21.1. The molecule has 1 fully saturated rings. The Morgan fingerprint density at radius 2 is 1.60 bits per heavy atom. The van der Waals surface area contributed by atoms with E-state index in [1.165, 1.54) is 0 Å². The van der Waals surface area contributed by atoms with Crippen molar-refractivity contribution < 1.29 is 14.7 Å². The van der Waals surface area contributed by atoms with Crippen LogP contribution in [0.15, 0.2) is 108 Å². The SMILES string of the molecule is CCO.Cc1ccc([C@@H]2[C@H](C#N)N3[C@H]4ON=C(c5ccccc5)[C@H]4c4ccccc4[C@@H]3[C@@]23C(=O)Nc2ccccc23)cc1. The lowest BCUT2D eigenvalue weighted by Crippen LogP contribution is -2.51. The number of nitrogens with zero attached hydrogens (tertiary/aromatic N) is 3. The molecule has 0 bridgehead atoms. The molecule has 4 heterocycles. The molecule has 4 aliphatic heterocycles. The minimum absolute atomic E-state index is 0.0810. The third-order valence-electron chi connectivity index (χ3n) is 9.25. The average Bonchev–Trinajstić information content (AvgIpc) is 3.70. The summed E-state index contributed by atoms with van der Waals surface area (Å²) in [6.07, 6.45) is -0.521. The van der Waals surface area contributed by atoms with Crippen molar-refractivity contribution in [2.24, 2.45) is 5.16 Å². The van der Waals surface area contributed by atoms with Crippen molar-refractivity contribution in [2.45, 2.75) is 49.4 Å². The molecule has 4 aliphatic rings. The Balaban J connectivity index is 0.000000963. The van der Waals surface area contributed by atoms with E-state index in [1.807, 2.05) is 73.7 Å². The number of para-hydroxylation sites is 1. The largest absolute Gasteiger partial charge is 0.397 e. The summed E-state index contributed by atoms with van der Waals surface area (Å²) in [6.45, 7) is 3.98. The van der Waals surface area contributed by atoms with Gasteiger partial charge in [-0.05, 0) is 42.2 Å². The third-order valence-corrected chi connectivity index (χ3v) is 9.25. The highest BCUT2D eigenvalue weighted by Gasteiger charge is 2.72. The van der Waals surface area contributed by atoms with Gasteiger partial charge >= 0.3 is 0 Å². The Hall–Kier alpha value is -4.77. The van der Waals surface area contributed by atoms with Crippen LogP contribution in [0.3, 0.4) is 0 Å². The number of anilines is 1. The number of nitriles is 1. The molecule has 0 aromatic heterocycles. The van der Waals surface area contributed by atoms with E-state index in [0.717, 1.165) is 44.8 Å². The van der Waals surface area contributed by atoms with Gasteiger partial charge in [0.1, 0.15) is 11.5 Å². The zero-order valence-corrected chi connectivity index (χ0v) is 24.0. The van der Waals surface area contributed by atoms with Crippen molar-refractivity contribution in [3.8, 4) is 6.07 Å². The molecule has 0 aliphatic carbocycles. The van der Waals surface area contributed by atoms with E-state index in [-0.39, 0.29) is 18.4 Å². The number of carbonyl (C=O) groups is 1. The van der Waals surface area contributed by atoms with Gasteiger partial charge in [0, 0.05) is 23.8 Å². The second-order valence-corrected chi connectivity index (χ2v) is 11.4. The number of nitrogens with one attached hydrogen (secondary N) is 1. The van der Waals surface area contributed by atoms with E-state index in [4.69, 9.17) is 9.94 Å². The molecular formula is C36H32N4O3. The van der Waals surface area contributed by atoms with E-state index in [2.05, 4.69) is 57.8 Å². The highest BCUT2D eigenvalue weighted by Crippen LogP contribution is 2.66. The highest BCUT2D eigenvalue weighted by atomic mass is 16.7. The zero-order valence-electron chi connectivity index (χ0n) is 24.0. The molecule has 214 valence electrons. The molecule has 1 saturated heterocycles. The maximum atomic E-state index is 14.5. The third kappa shape index (κ3) is 3.80. The van der Waals surface area contributed by atoms with Crippen LogP contribution in [0.25, 0.3) is 0 Å². The van der Waals surface area contributed by atoms with Gasteiger partial charge in [-0.1, -0.05) is 108 Å². The Bertz CT molecular complexity index is 1760. The van der Waals surface area contributed by atoms with Crippen molar-refractivity contribution in [2.75, 3.05) is 11.9 Å². The molecule has 1 spiro atoms. The number of carbonyl (C=O) groups excluding carboxylic acids is 1. The second kappa shape index (κ2) is 10.5. The normalized spacial score (nSPS) is 27.8. The summed E-state index contributed by atoms with van der Waals surface area (Å²) in [5.74, 6) is -0.704. The molecule has 43 heavy (non-hydrogen) atoms. The van der Waals surface area contributed by atoms with Gasteiger partial charge in [-0.15, -0.1) is 0 Å². The highest BCUT2D eigenvalue weighted by molar-refractivity contribution is 6.09. The Kier molecular flexibility index (Phi) is 6.61. The fourth-order valence-corrected chi connectivity index (χ4v) is 7.71. The predicted molar refractivity (Wildman–Crippen MR) is 164 cm³/mol. The minimum atomic E-state index is -1.04. The van der Waals surface area contributed by atoms with Gasteiger partial charge in [0.05, 0.1) is 23.7 Å². The van der Waals surface area contributed by atoms with Crippen molar-refractivity contribution in [3.05, 3.63) is 137 Å². The summed E-state index contributed by atoms with van der Waals surface area (Å²) in [5, 5.41) is 26.3. The summed E-state index contributed by atoms with van der Waals surface area (Å²) >= 11 is 0. The van der Waals surface area contributed by atoms with Gasteiger partial charge in [0.25, 0.3) is 0 Å². The first kappa shape index (κ1) is 27.1. The topological polar surface area (TPSA) is 97.9 Å². The van der Waals surface area contributed by atoms with Crippen LogP contribution in [-0.2, 0) is 15.0 Å². The first-order valence-corrected chi connectivity index (χ1v) is 14.7. The molecule has 7 heteroatoms. The van der Waals surface area contributed by atoms with E-state index in [0.29, 0.717) is 0 Å². The maximum Gasteiger partial charge on any atom is 0.237 e. The summed E-state index contributed by atoms with van der Waals surface area (Å²) in [6, 6.07) is 36.2. The number of aliphatic hydroxyl groups excluding tert-OH is 1. The number of amides is 1. The Morgan fingerprint density at radius 3 is 2.33 bits per heavy atom. The summed E-state index contributed by atoms with van der Waals surface area (Å²) < 4.78 is 0. The van der Waals surface area contributed by atoms with Gasteiger partial charge in [0.2, 0.25) is 5.91 Å². The van der Waals surface area contributed by atoms with E-state index >= 15 is 0 Å². The van der Waals surface area contributed by atoms with E-state index < -0.39 is 29.6 Å². The van der Waals surface area contributed by atoms with Crippen LogP contribution in [0, 0.1) is 18.3 Å². The quantitative estimate of drug-likeness (QED) is 0.320. The number of hydrogen-bond donors (Lipinski definition) is 2. The zero-order chi connectivity index (χ0) is 29.7. The number of fused-ring (bicyclic) bond motifs is 9. The molecule has 0 unspecified atom stereocenters. The number of benzene rings is 4. The van der Waals surface area contributed by atoms with Gasteiger partial charge in [0.15, 0.2) is 6.23 Å². The van der Waals surface area contributed by atoms with E-state index in [9.17, 15) is 10.1 Å². The molecule has 4 aromatic carbocycles. The lowest BCUT2D eigenvalue weighted by atomic mass is 9.62. The van der Waals surface area contributed by atoms with Gasteiger partial charge < -0.3 is 15.3 Å². The van der Waals surface area contributed by atoms with Crippen molar-refractivity contribution in [1.82, 2.24) is 4.90 Å². The molecule has 0 saturated carbocycles. The standard InChI is InChI=1S/C34H26N4O2.C2H6O/c1-20-15-17-21(18-16-20)29-27(19-35)38-31(34(29)25-13-7-8-14-26(25)36-33(34)39)24-12-6-5-11-23(24)28-30(37-40-32(28)38)22-9-3-2-4-10-22;1-2-3/h2-18,27-29,31-32H,1H3,(H,36,39);3H,2H2,1H3/t27-,28+,29+,31+,32-,34-;/m0./s1. The van der Waals surface area contributed by atoms with Gasteiger partial charge in [-0.3, -0.25) is 4.79 Å². The summed E-state index contributed by atoms with van der Waals surface area (Å²) in [4.78, 5) is 22.9. The van der Waals surface area contributed by atoms with Crippen LogP contribution in [-0.4, -0.2) is 40.5 Å². The number of aliphatic hydroxyl groups is 1. The van der Waals surface area contributed by atoms with Crippen LogP contribution < -0.4 is 5.32 Å². The lowest BCUT2D eigenvalue weighted by Gasteiger charge is -2.44. The van der Waals surface area contributed by atoms with Crippen LogP contribution in [0.1, 0.15) is 58.2 Å². The molecule has 1 amide bonds. The number of oxime groups is 1. The minimum Gasteiger partial charge on any atom is -0.397 e.